The number of carbonyl (C=O) groups excluding carboxylic acids is 7. The molecule has 2 saturated carbocycles. The van der Waals surface area contributed by atoms with Gasteiger partial charge in [0.05, 0.1) is 41.1 Å². The monoisotopic (exact) mass is 1130 g/mol. The van der Waals surface area contributed by atoms with Crippen molar-refractivity contribution in [3.63, 3.8) is 0 Å². The largest absolute Gasteiger partial charge is 0.752 e. The number of fused-ring (bicyclic) bond motifs is 5. The van der Waals surface area contributed by atoms with Crippen molar-refractivity contribution in [2.45, 2.75) is 157 Å². The molecule has 1 aliphatic heterocycles. The van der Waals surface area contributed by atoms with Crippen molar-refractivity contribution in [2.24, 2.45) is 34.0 Å². The molecule has 3 aromatic carbocycles. The fourth-order valence-electron chi connectivity index (χ4n) is 11.4. The van der Waals surface area contributed by atoms with Gasteiger partial charge >= 0.3 is 38.9 Å². The summed E-state index contributed by atoms with van der Waals surface area (Å²) in [5, 5.41) is 29.5. The first kappa shape index (κ1) is 61.5. The van der Waals surface area contributed by atoms with Crippen LogP contribution < -0.4 is 5.32 Å². The molecule has 434 valence electrons. The molecule has 4 aliphatic rings. The van der Waals surface area contributed by atoms with Crippen molar-refractivity contribution >= 4 is 50.6 Å². The molecule has 80 heavy (non-hydrogen) atoms. The number of rotatable bonds is 19. The van der Waals surface area contributed by atoms with Crippen LogP contribution in [0.4, 0.5) is 0 Å². The summed E-state index contributed by atoms with van der Waals surface area (Å²) >= 11 is 0. The Hall–Kier alpha value is -6.13. The zero-order valence-corrected chi connectivity index (χ0v) is 48.9. The number of benzene rings is 3. The second kappa shape index (κ2) is 23.8. The Morgan fingerprint density at radius 1 is 0.787 bits per heavy atom. The normalized spacial score (nSPS) is 27.9. The molecule has 1 saturated heterocycles. The summed E-state index contributed by atoms with van der Waals surface area (Å²) in [4.78, 5) is 102. The maximum atomic E-state index is 16.1. The average Bonchev–Trinajstić information content (AvgIpc) is 3.50. The third kappa shape index (κ3) is 12.1. The van der Waals surface area contributed by atoms with E-state index in [0.29, 0.717) is 5.56 Å². The number of aliphatic hydroxyl groups excluding tert-OH is 1. The van der Waals surface area contributed by atoms with Crippen LogP contribution in [0, 0.1) is 34.0 Å². The lowest BCUT2D eigenvalue weighted by atomic mass is 9.44. The Balaban J connectivity index is 1.49. The van der Waals surface area contributed by atoms with Gasteiger partial charge in [-0.25, -0.2) is 9.59 Å². The van der Waals surface area contributed by atoms with Crippen molar-refractivity contribution in [3.8, 4) is 0 Å². The van der Waals surface area contributed by atoms with E-state index in [1.165, 1.54) is 26.0 Å². The Labute approximate surface area is 468 Å². The van der Waals surface area contributed by atoms with Gasteiger partial charge in [0.2, 0.25) is 0 Å². The number of ether oxygens (including phenoxy) is 5. The molecule has 0 spiro atoms. The van der Waals surface area contributed by atoms with E-state index in [0.717, 1.165) is 13.8 Å². The molecule has 1 amide bonds. The van der Waals surface area contributed by atoms with Gasteiger partial charge in [0.25, 0.3) is 5.91 Å². The number of Topliss-reactive ketones (excluding diaryl/α,β-unsaturated/α-hetero) is 1. The quantitative estimate of drug-likeness (QED) is 0.0467. The third-order valence-electron chi connectivity index (χ3n) is 15.7. The molecular weight excluding hydrogens is 1050 g/mol. The number of hydrogen-bond donors (Lipinski definition) is 3. The van der Waals surface area contributed by atoms with E-state index in [1.54, 1.807) is 113 Å². The highest BCUT2D eigenvalue weighted by Gasteiger charge is 2.78. The molecule has 11 atom stereocenters. The predicted molar refractivity (Wildman–Crippen MR) is 289 cm³/mol. The molecule has 19 nitrogen and oxygen atoms in total. The van der Waals surface area contributed by atoms with Crippen molar-refractivity contribution in [3.05, 3.63) is 119 Å². The molecule has 3 N–H and O–H groups in total. The van der Waals surface area contributed by atoms with Crippen LogP contribution in [0.2, 0.25) is 0 Å². The number of amides is 1. The van der Waals surface area contributed by atoms with Crippen LogP contribution in [0.5, 0.6) is 0 Å². The number of carbonyl (C=O) groups is 7. The highest BCUT2D eigenvalue weighted by Crippen LogP contribution is 2.64. The van der Waals surface area contributed by atoms with E-state index < -0.39 is 133 Å². The summed E-state index contributed by atoms with van der Waals surface area (Å²) < 4.78 is 57.5. The highest BCUT2D eigenvalue weighted by atomic mass is 28.4. The number of aliphatic hydroxyl groups is 2. The van der Waals surface area contributed by atoms with E-state index in [2.05, 4.69) is 5.32 Å². The van der Waals surface area contributed by atoms with Gasteiger partial charge in [0, 0.05) is 50.9 Å². The molecule has 0 radical (unpaired) electrons. The molecule has 2 bridgehead atoms. The number of nitrogens with one attached hydrogen (secondary N) is 1. The van der Waals surface area contributed by atoms with Crippen molar-refractivity contribution in [2.75, 3.05) is 19.8 Å². The minimum Gasteiger partial charge on any atom is -0.456 e. The highest BCUT2D eigenvalue weighted by molar-refractivity contribution is 6.56. The maximum absolute atomic E-state index is 16.1. The molecule has 3 fully saturated rings. The van der Waals surface area contributed by atoms with Crippen LogP contribution in [-0.4, -0.2) is 128 Å². The zero-order chi connectivity index (χ0) is 58.9. The van der Waals surface area contributed by atoms with Gasteiger partial charge in [-0.3, -0.25) is 24.0 Å². The molecule has 20 heteroatoms. The summed E-state index contributed by atoms with van der Waals surface area (Å²) in [5.41, 5.74) is -8.79. The van der Waals surface area contributed by atoms with Crippen molar-refractivity contribution in [1.82, 2.24) is 5.32 Å². The standard InChI is InChI=1S/C60H77NO18Si/c1-34(2)31-72-80(73-32-35(3)4,79-55(69)56(8,9)10)78-48(46(39-23-17-14-18-24-39)61-52(66)40-25-19-15-20-26-40)54(68)75-42-30-60(70)51(76-53(67)41-27-21-16-22-28-41)49-58(13,43(64)29-44-59(49,33-71-44)77-38(7)63)50(65)47(74-37(6)62)45(36(42)5)57(60,11)12/h14-28,34-35,42-44,46-49,51,64,70H,29-33H2,1-13H3,(H,61,66)/t42-,43-,44+,46-,47+,48+,49-,51-,58+,59-,60+/m0/s1. The molecular formula is C60H77NO18Si. The van der Waals surface area contributed by atoms with Crippen molar-refractivity contribution in [1.29, 1.82) is 0 Å². The van der Waals surface area contributed by atoms with Gasteiger partial charge in [-0.05, 0) is 87.4 Å². The van der Waals surface area contributed by atoms with Crippen LogP contribution in [0.25, 0.3) is 0 Å². The van der Waals surface area contributed by atoms with Crippen LogP contribution in [0.3, 0.4) is 0 Å². The van der Waals surface area contributed by atoms with Gasteiger partial charge < -0.3 is 56.9 Å². The van der Waals surface area contributed by atoms with Crippen LogP contribution in [0.1, 0.15) is 135 Å². The third-order valence-corrected chi connectivity index (χ3v) is 17.8. The lowest BCUT2D eigenvalue weighted by Gasteiger charge is -2.67. The van der Waals surface area contributed by atoms with Crippen LogP contribution >= 0.6 is 0 Å². The minimum absolute atomic E-state index is 0.0375. The molecule has 3 aliphatic carbocycles. The Morgan fingerprint density at radius 3 is 1.84 bits per heavy atom. The lowest BCUT2D eigenvalue weighted by Crippen LogP contribution is -2.82. The smallest absolute Gasteiger partial charge is 0.456 e. The Morgan fingerprint density at radius 2 is 1.34 bits per heavy atom. The molecule has 0 aromatic heterocycles. The maximum Gasteiger partial charge on any atom is 0.752 e. The number of ketones is 1. The molecule has 3 aromatic rings. The second-order valence-electron chi connectivity index (χ2n) is 24.0. The average molecular weight is 1130 g/mol. The lowest BCUT2D eigenvalue weighted by molar-refractivity contribution is -0.346. The van der Waals surface area contributed by atoms with Crippen LogP contribution in [-0.2, 0) is 65.4 Å². The summed E-state index contributed by atoms with van der Waals surface area (Å²) in [6, 6.07) is 22.9. The first-order valence-corrected chi connectivity index (χ1v) is 28.8. The fraction of sp³-hybridized carbons (Fsp3) is 0.550. The van der Waals surface area contributed by atoms with Gasteiger partial charge in [-0.15, -0.1) is 0 Å². The molecule has 1 heterocycles. The first-order valence-electron chi connectivity index (χ1n) is 27.1. The second-order valence-corrected chi connectivity index (χ2v) is 26.0. The van der Waals surface area contributed by atoms with E-state index in [9.17, 15) is 34.2 Å². The Kier molecular flexibility index (Phi) is 18.3. The minimum atomic E-state index is -4.97. The van der Waals surface area contributed by atoms with E-state index >= 15 is 9.59 Å². The van der Waals surface area contributed by atoms with E-state index in [-0.39, 0.29) is 60.4 Å². The SMILES string of the molecule is CC(=O)O[C@H]1C(=O)[C@@]2(C)[C@H]([C@H](OC(=O)c3ccccc3)[C@]3(O)C[C@H](OC(=O)[C@H](O[Si](OCC(C)C)(OCC(C)C)OC(=O)C(C)(C)C)[C@@H](NC(=O)c4ccccc4)c4ccccc4)C(C)=C1C3(C)C)[C@]1(OC(C)=O)CO[C@@H]1C[C@@H]2O. The summed E-state index contributed by atoms with van der Waals surface area (Å²) in [7, 11) is -4.97. The number of hydrogen-bond acceptors (Lipinski definition) is 18. The van der Waals surface area contributed by atoms with E-state index in [1.807, 2.05) is 27.7 Å². The molecule has 0 unspecified atom stereocenters. The summed E-state index contributed by atoms with van der Waals surface area (Å²) in [5.74, 6) is -8.31. The van der Waals surface area contributed by atoms with Gasteiger partial charge in [0.1, 0.15) is 23.9 Å². The fourth-order valence-corrected chi connectivity index (χ4v) is 14.0. The van der Waals surface area contributed by atoms with Gasteiger partial charge in [-0.2, -0.15) is 0 Å². The predicted octanol–water partition coefficient (Wildman–Crippen LogP) is 7.13. The van der Waals surface area contributed by atoms with Gasteiger partial charge in [0.15, 0.2) is 23.6 Å². The van der Waals surface area contributed by atoms with Gasteiger partial charge in [-0.1, -0.05) is 108 Å². The Bertz CT molecular complexity index is 2800. The number of esters is 4. The van der Waals surface area contributed by atoms with Crippen LogP contribution in [0.15, 0.2) is 102 Å². The summed E-state index contributed by atoms with van der Waals surface area (Å²) in [6.07, 6.45) is -11.1. The van der Waals surface area contributed by atoms with Crippen molar-refractivity contribution < 1.29 is 85.2 Å². The summed E-state index contributed by atoms with van der Waals surface area (Å²) in [6.45, 7) is 20.0. The molecule has 7 rings (SSSR count). The van der Waals surface area contributed by atoms with E-state index in [4.69, 9.17) is 41.4 Å². The first-order chi connectivity index (χ1) is 37.4. The topological polar surface area (TPSA) is 255 Å². The zero-order valence-electron chi connectivity index (χ0n) is 47.9.